The minimum atomic E-state index is -2.72. The molecule has 0 spiro atoms. The van der Waals surface area contributed by atoms with Crippen molar-refractivity contribution in [3.8, 4) is 0 Å². The van der Waals surface area contributed by atoms with E-state index in [0.717, 1.165) is 19.3 Å². The van der Waals surface area contributed by atoms with Crippen molar-refractivity contribution < 1.29 is 57.7 Å². The van der Waals surface area contributed by atoms with Crippen LogP contribution in [0.4, 0.5) is 0 Å². The third kappa shape index (κ3) is 7.90. The fourth-order valence-corrected chi connectivity index (χ4v) is 13.3. The van der Waals surface area contributed by atoms with Crippen LogP contribution < -0.4 is 52.8 Å². The Morgan fingerprint density at radius 2 is 1.00 bits per heavy atom. The number of hydrogen-bond donors (Lipinski definition) is 0. The van der Waals surface area contributed by atoms with Gasteiger partial charge in [0.1, 0.15) is 0 Å². The summed E-state index contributed by atoms with van der Waals surface area (Å²) in [6.45, 7) is 28.3. The van der Waals surface area contributed by atoms with Gasteiger partial charge in [0.2, 0.25) is 0 Å². The summed E-state index contributed by atoms with van der Waals surface area (Å²) in [6.07, 6.45) is 3.19. The van der Waals surface area contributed by atoms with E-state index in [2.05, 4.69) is 158 Å². The van der Waals surface area contributed by atoms with Crippen LogP contribution in [0.15, 0.2) is 74.8 Å². The van der Waals surface area contributed by atoms with Crippen LogP contribution >= 0.6 is 0 Å². The Morgan fingerprint density at radius 3 is 1.36 bits per heavy atom. The zero-order valence-electron chi connectivity index (χ0n) is 29.0. The molecule has 0 saturated heterocycles. The molecule has 1 aliphatic carbocycles. The molecule has 3 aromatic carbocycles. The molecule has 0 heterocycles. The van der Waals surface area contributed by atoms with E-state index in [1.54, 1.807) is 21.1 Å². The van der Waals surface area contributed by atoms with Gasteiger partial charge in [-0.05, 0) is 0 Å². The molecule has 44 heavy (non-hydrogen) atoms. The van der Waals surface area contributed by atoms with E-state index < -0.39 is 8.07 Å². The first-order chi connectivity index (χ1) is 19.0. The Morgan fingerprint density at radius 1 is 0.591 bits per heavy atom. The second-order valence-corrected chi connectivity index (χ2v) is 19.3. The number of halogens is 3. The fraction of sp³-hybridized carbons (Fsp3) is 0.436. The number of aryl methyl sites for hydroxylation is 4. The van der Waals surface area contributed by atoms with Crippen LogP contribution in [0.25, 0.3) is 0 Å². The van der Waals surface area contributed by atoms with Crippen LogP contribution in [0.5, 0.6) is 0 Å². The minimum absolute atomic E-state index is 0. The van der Waals surface area contributed by atoms with Crippen molar-refractivity contribution in [3.63, 3.8) is 0 Å². The number of hydrogen-bond acceptors (Lipinski definition) is 0. The zero-order valence-corrected chi connectivity index (χ0v) is 33.8. The van der Waals surface area contributed by atoms with Crippen LogP contribution in [0.3, 0.4) is 0 Å². The summed E-state index contributed by atoms with van der Waals surface area (Å²) in [5, 5.41) is 6.26. The third-order valence-electron chi connectivity index (χ3n) is 9.13. The largest absolute Gasteiger partial charge is 1.00 e. The molecule has 3 aromatic rings. The number of rotatable bonds is 6. The molecule has 1 aliphatic rings. The Balaban J connectivity index is 0.00000323. The van der Waals surface area contributed by atoms with E-state index in [4.69, 9.17) is 0 Å². The maximum absolute atomic E-state index is 2.72. The first kappa shape index (κ1) is 41.0. The van der Waals surface area contributed by atoms with Crippen LogP contribution in [0.1, 0.15) is 109 Å². The molecule has 0 bridgehead atoms. The standard InChI is InChI=1S/C39H51Si.3ClH.Ti/c1-13-30-20-31(14-2)22-35(21-30)40(37-28(5)15-16-29(37)6,34-18-26(3)17-27(4)19-34)36-24-32(38(7,8)9)23-33(25-36)39(10,11)12;;;;/h17-25H,13-15H2,1-12H3;3*1H;/q;;;;+3/p-3. The van der Waals surface area contributed by atoms with Crippen molar-refractivity contribution in [1.82, 2.24) is 0 Å². The molecule has 0 nitrogen and oxygen atoms in total. The average molecular weight is 702 g/mol. The molecule has 0 amide bonds. The van der Waals surface area contributed by atoms with E-state index in [9.17, 15) is 0 Å². The summed E-state index contributed by atoms with van der Waals surface area (Å²) in [6, 6.07) is 22.8. The molecule has 0 radical (unpaired) electrons. The molecule has 0 aliphatic heterocycles. The summed E-state index contributed by atoms with van der Waals surface area (Å²) in [5.41, 5.74) is 11.7. The van der Waals surface area contributed by atoms with E-state index in [1.165, 1.54) is 48.0 Å². The molecular weight excluding hydrogens is 651 g/mol. The van der Waals surface area contributed by atoms with Gasteiger partial charge in [0.25, 0.3) is 0 Å². The molecular formula is C39H51Cl3SiTi. The van der Waals surface area contributed by atoms with Gasteiger partial charge in [-0.25, -0.2) is 0 Å². The monoisotopic (exact) mass is 700 g/mol. The molecule has 0 N–H and O–H groups in total. The summed E-state index contributed by atoms with van der Waals surface area (Å²) < 4.78 is 1.53. The maximum Gasteiger partial charge on any atom is -1.00 e. The van der Waals surface area contributed by atoms with Gasteiger partial charge in [-0.3, -0.25) is 0 Å². The predicted octanol–water partition coefficient (Wildman–Crippen LogP) is -0.414. The van der Waals surface area contributed by atoms with Gasteiger partial charge in [-0.2, -0.15) is 0 Å². The number of allylic oxidation sites excluding steroid dienone is 4. The van der Waals surface area contributed by atoms with E-state index in [1.807, 2.05) is 0 Å². The van der Waals surface area contributed by atoms with Crippen molar-refractivity contribution in [2.24, 2.45) is 0 Å². The fourth-order valence-electron chi connectivity index (χ4n) is 6.78. The van der Waals surface area contributed by atoms with E-state index in [-0.39, 0.29) is 48.1 Å². The second kappa shape index (κ2) is 15.2. The molecule has 1 unspecified atom stereocenters. The Labute approximate surface area is 300 Å². The minimum Gasteiger partial charge on any atom is -1.00 e. The first-order valence-electron chi connectivity index (χ1n) is 15.5. The van der Waals surface area contributed by atoms with Gasteiger partial charge < -0.3 is 37.2 Å². The molecule has 0 aromatic heterocycles. The normalized spacial score (nSPS) is 15.0. The quantitative estimate of drug-likeness (QED) is 0.243. The Bertz CT molecular complexity index is 1480. The molecule has 5 heteroatoms. The number of benzene rings is 3. The van der Waals surface area contributed by atoms with Crippen molar-refractivity contribution in [2.75, 3.05) is 0 Å². The van der Waals surface area contributed by atoms with Gasteiger partial charge in [-0.1, -0.05) is 0 Å². The Hall–Kier alpha value is -1.06. The second-order valence-electron chi connectivity index (χ2n) is 14.6. The van der Waals surface area contributed by atoms with Crippen LogP contribution in [-0.2, 0) is 44.1 Å². The first-order valence-corrected chi connectivity index (χ1v) is 18.3. The summed E-state index contributed by atoms with van der Waals surface area (Å²) in [7, 11) is -2.72. The van der Waals surface area contributed by atoms with Gasteiger partial charge in [0, 0.05) is 0 Å². The topological polar surface area (TPSA) is 0 Å². The van der Waals surface area contributed by atoms with Crippen LogP contribution in [-0.4, -0.2) is 8.07 Å². The summed E-state index contributed by atoms with van der Waals surface area (Å²) >= 11 is 2.36. The molecule has 1 atom stereocenters. The van der Waals surface area contributed by atoms with Crippen molar-refractivity contribution >= 4 is 23.6 Å². The van der Waals surface area contributed by atoms with E-state index in [0.29, 0.717) is 0 Å². The summed E-state index contributed by atoms with van der Waals surface area (Å²) in [4.78, 5) is 0. The smallest absolute Gasteiger partial charge is 1.00 e. The molecule has 236 valence electrons. The Kier molecular flexibility index (Phi) is 14.2. The van der Waals surface area contributed by atoms with Gasteiger partial charge in [0.15, 0.2) is 0 Å². The summed E-state index contributed by atoms with van der Waals surface area (Å²) in [5.74, 6) is 0. The molecule has 4 rings (SSSR count). The zero-order chi connectivity index (χ0) is 30.5. The van der Waals surface area contributed by atoms with Gasteiger partial charge in [-0.15, -0.1) is 0 Å². The van der Waals surface area contributed by atoms with Crippen LogP contribution in [0.2, 0.25) is 0 Å². The molecule has 0 fully saturated rings. The SMILES string of the molecule is CCc1cc(CC)cc([Si](C2=C(C)C[C]([Ti+3])=C2C)(c2cc(C)cc(C)c2)c2cc(C(C)(C)C)cc(C(C)(C)C)c2)c1.[Cl-].[Cl-].[Cl-]. The van der Waals surface area contributed by atoms with E-state index >= 15 is 0 Å². The van der Waals surface area contributed by atoms with Crippen molar-refractivity contribution in [3.05, 3.63) is 108 Å². The van der Waals surface area contributed by atoms with Crippen molar-refractivity contribution in [2.45, 2.75) is 113 Å². The molecule has 0 saturated carbocycles. The third-order valence-corrected chi connectivity index (χ3v) is 15.0. The maximum atomic E-state index is 2.62. The van der Waals surface area contributed by atoms with Gasteiger partial charge >= 0.3 is 265 Å². The average Bonchev–Trinajstić information content (AvgIpc) is 3.14. The predicted molar refractivity (Wildman–Crippen MR) is 180 cm³/mol. The van der Waals surface area contributed by atoms with Crippen molar-refractivity contribution in [1.29, 1.82) is 0 Å². The van der Waals surface area contributed by atoms with Gasteiger partial charge in [0.05, 0.1) is 0 Å². The van der Waals surface area contributed by atoms with Crippen LogP contribution in [0, 0.1) is 13.8 Å².